The van der Waals surface area contributed by atoms with Crippen LogP contribution >= 0.6 is 0 Å². The zero-order chi connectivity index (χ0) is 20.9. The van der Waals surface area contributed by atoms with Gasteiger partial charge in [-0.2, -0.15) is 0 Å². The predicted molar refractivity (Wildman–Crippen MR) is 111 cm³/mol. The summed E-state index contributed by atoms with van der Waals surface area (Å²) in [5.41, 5.74) is 1.15. The first-order valence-electron chi connectivity index (χ1n) is 11.0. The van der Waals surface area contributed by atoms with Crippen molar-refractivity contribution in [2.24, 2.45) is 29.6 Å². The second-order valence-electron chi connectivity index (χ2n) is 9.78. The molecule has 2 fully saturated rings. The number of halogens is 3. The van der Waals surface area contributed by atoms with Gasteiger partial charge in [-0.05, 0) is 78.0 Å². The molecular weight excluding hydrogens is 369 g/mol. The highest BCUT2D eigenvalue weighted by atomic mass is 19.1. The molecule has 156 valence electrons. The average molecular weight is 401 g/mol. The minimum absolute atomic E-state index is 0.132. The van der Waals surface area contributed by atoms with Crippen LogP contribution in [0.15, 0.2) is 42.5 Å². The molecule has 0 saturated heterocycles. The van der Waals surface area contributed by atoms with Gasteiger partial charge in [0, 0.05) is 11.5 Å². The molecule has 5 unspecified atom stereocenters. The van der Waals surface area contributed by atoms with Crippen LogP contribution in [0.5, 0.6) is 0 Å². The molecule has 0 amide bonds. The quantitative estimate of drug-likeness (QED) is 0.499. The van der Waals surface area contributed by atoms with Crippen LogP contribution < -0.4 is 0 Å². The molecule has 0 aliphatic heterocycles. The third-order valence-corrected chi connectivity index (χ3v) is 8.01. The van der Waals surface area contributed by atoms with Crippen molar-refractivity contribution < 1.29 is 13.2 Å². The second kappa shape index (κ2) is 7.49. The Labute approximate surface area is 172 Å². The Balaban J connectivity index is 1.88. The molecule has 0 aromatic heterocycles. The van der Waals surface area contributed by atoms with Crippen LogP contribution in [0.3, 0.4) is 0 Å². The van der Waals surface area contributed by atoms with Crippen molar-refractivity contribution >= 4 is 0 Å². The molecule has 4 rings (SSSR count). The summed E-state index contributed by atoms with van der Waals surface area (Å²) in [4.78, 5) is 0. The third kappa shape index (κ3) is 3.04. The molecule has 3 heteroatoms. The number of hydrogen-bond donors (Lipinski definition) is 0. The molecular formula is C26H31F3. The van der Waals surface area contributed by atoms with Crippen LogP contribution in [0.4, 0.5) is 13.2 Å². The molecule has 0 heterocycles. The summed E-state index contributed by atoms with van der Waals surface area (Å²) < 4.78 is 43.6. The summed E-state index contributed by atoms with van der Waals surface area (Å²) in [6.45, 7) is 8.77. The van der Waals surface area contributed by atoms with Gasteiger partial charge in [0.1, 0.15) is 17.5 Å². The van der Waals surface area contributed by atoms with Gasteiger partial charge < -0.3 is 0 Å². The first kappa shape index (κ1) is 20.5. The molecule has 2 aromatic carbocycles. The van der Waals surface area contributed by atoms with Gasteiger partial charge in [0.05, 0.1) is 0 Å². The fraction of sp³-hybridized carbons (Fsp3) is 0.538. The zero-order valence-corrected chi connectivity index (χ0v) is 17.8. The van der Waals surface area contributed by atoms with E-state index in [9.17, 15) is 8.78 Å². The van der Waals surface area contributed by atoms with Gasteiger partial charge in [0.15, 0.2) is 0 Å². The van der Waals surface area contributed by atoms with Crippen LogP contribution in [0.1, 0.15) is 64.0 Å². The molecule has 2 aliphatic carbocycles. The Bertz CT molecular complexity index is 887. The Hall–Kier alpha value is -1.77. The predicted octanol–water partition coefficient (Wildman–Crippen LogP) is 7.48. The lowest BCUT2D eigenvalue weighted by Crippen LogP contribution is -2.52. The summed E-state index contributed by atoms with van der Waals surface area (Å²) in [5, 5.41) is 0. The van der Waals surface area contributed by atoms with Gasteiger partial charge >= 0.3 is 0 Å². The third-order valence-electron chi connectivity index (χ3n) is 8.01. The minimum Gasteiger partial charge on any atom is -0.207 e. The Morgan fingerprint density at radius 1 is 0.897 bits per heavy atom. The lowest BCUT2D eigenvalue weighted by molar-refractivity contribution is 0.0243. The summed E-state index contributed by atoms with van der Waals surface area (Å²) in [6.07, 6.45) is 2.90. The van der Waals surface area contributed by atoms with E-state index in [0.29, 0.717) is 11.5 Å². The van der Waals surface area contributed by atoms with Crippen molar-refractivity contribution in [3.8, 4) is 0 Å². The molecule has 0 nitrogen and oxygen atoms in total. The maximum Gasteiger partial charge on any atom is 0.129 e. The smallest absolute Gasteiger partial charge is 0.129 e. The number of benzene rings is 2. The number of hydrogen-bond acceptors (Lipinski definition) is 0. The van der Waals surface area contributed by atoms with E-state index in [1.165, 1.54) is 6.07 Å². The van der Waals surface area contributed by atoms with Gasteiger partial charge in [0.2, 0.25) is 0 Å². The van der Waals surface area contributed by atoms with Crippen LogP contribution in [-0.4, -0.2) is 0 Å². The van der Waals surface area contributed by atoms with Crippen molar-refractivity contribution in [2.75, 3.05) is 0 Å². The van der Waals surface area contributed by atoms with E-state index in [2.05, 4.69) is 27.7 Å². The molecule has 2 saturated carbocycles. The Kier molecular flexibility index (Phi) is 5.29. The van der Waals surface area contributed by atoms with Crippen molar-refractivity contribution in [1.82, 2.24) is 0 Å². The van der Waals surface area contributed by atoms with Crippen molar-refractivity contribution in [2.45, 2.75) is 58.3 Å². The van der Waals surface area contributed by atoms with Crippen LogP contribution in [0.2, 0.25) is 0 Å². The standard InChI is InChI=1S/C26H31F3/c1-15(2)25-20(19-7-5-6-8-23(19)28)13-17-9-11-22(25)26(17,16(3)4)21-12-10-18(27)14-24(21)29/h5-8,10,12,14-17,20,22,25H,9,11,13H2,1-4H3. The summed E-state index contributed by atoms with van der Waals surface area (Å²) in [7, 11) is 0. The van der Waals surface area contributed by atoms with Crippen LogP contribution in [0.25, 0.3) is 0 Å². The SMILES string of the molecule is CC(C)C1C(c2ccccc2F)CC2CCC1C2(c1ccc(F)cc1F)C(C)C. The van der Waals surface area contributed by atoms with Crippen molar-refractivity contribution in [3.05, 3.63) is 71.0 Å². The molecule has 2 aromatic rings. The summed E-state index contributed by atoms with van der Waals surface area (Å²) in [5.74, 6) is 0.417. The molecule has 0 spiro atoms. The molecule has 2 aliphatic rings. The van der Waals surface area contributed by atoms with Crippen molar-refractivity contribution in [3.63, 3.8) is 0 Å². The van der Waals surface area contributed by atoms with Crippen LogP contribution in [-0.2, 0) is 5.41 Å². The highest BCUT2D eigenvalue weighted by Gasteiger charge is 2.61. The Morgan fingerprint density at radius 2 is 1.62 bits per heavy atom. The van der Waals surface area contributed by atoms with E-state index in [4.69, 9.17) is 0 Å². The van der Waals surface area contributed by atoms with Gasteiger partial charge in [-0.25, -0.2) is 13.2 Å². The van der Waals surface area contributed by atoms with Crippen LogP contribution in [0, 0.1) is 47.0 Å². The first-order valence-corrected chi connectivity index (χ1v) is 11.0. The zero-order valence-electron chi connectivity index (χ0n) is 17.8. The lowest BCUT2D eigenvalue weighted by Gasteiger charge is -2.55. The largest absolute Gasteiger partial charge is 0.207 e. The molecule has 2 bridgehead atoms. The normalized spacial score (nSPS) is 31.6. The summed E-state index contributed by atoms with van der Waals surface area (Å²) in [6, 6.07) is 11.3. The monoisotopic (exact) mass is 400 g/mol. The molecule has 29 heavy (non-hydrogen) atoms. The molecule has 0 radical (unpaired) electrons. The van der Waals surface area contributed by atoms with E-state index in [1.54, 1.807) is 18.2 Å². The maximum atomic E-state index is 15.1. The molecule has 5 atom stereocenters. The number of fused-ring (bicyclic) bond motifs is 2. The topological polar surface area (TPSA) is 0 Å². The fourth-order valence-electron chi connectivity index (χ4n) is 7.24. The second-order valence-corrected chi connectivity index (χ2v) is 9.78. The summed E-state index contributed by atoms with van der Waals surface area (Å²) >= 11 is 0. The van der Waals surface area contributed by atoms with Gasteiger partial charge in [-0.15, -0.1) is 0 Å². The van der Waals surface area contributed by atoms with Gasteiger partial charge in [-0.1, -0.05) is 52.0 Å². The van der Waals surface area contributed by atoms with Gasteiger partial charge in [-0.3, -0.25) is 0 Å². The van der Waals surface area contributed by atoms with E-state index in [0.717, 1.165) is 30.9 Å². The van der Waals surface area contributed by atoms with Gasteiger partial charge in [0.25, 0.3) is 0 Å². The highest BCUT2D eigenvalue weighted by Crippen LogP contribution is 2.66. The lowest BCUT2D eigenvalue weighted by atomic mass is 9.49. The Morgan fingerprint density at radius 3 is 2.24 bits per heavy atom. The minimum atomic E-state index is -0.530. The maximum absolute atomic E-state index is 15.1. The molecule has 0 N–H and O–H groups in total. The first-order chi connectivity index (χ1) is 13.8. The number of rotatable bonds is 4. The average Bonchev–Trinajstić information content (AvgIpc) is 2.89. The van der Waals surface area contributed by atoms with E-state index in [1.807, 2.05) is 12.1 Å². The van der Waals surface area contributed by atoms with E-state index in [-0.39, 0.29) is 40.8 Å². The van der Waals surface area contributed by atoms with E-state index >= 15 is 4.39 Å². The van der Waals surface area contributed by atoms with Crippen molar-refractivity contribution in [1.29, 1.82) is 0 Å². The van der Waals surface area contributed by atoms with E-state index < -0.39 is 11.6 Å². The fourth-order valence-corrected chi connectivity index (χ4v) is 7.24. The highest BCUT2D eigenvalue weighted by molar-refractivity contribution is 5.36.